The summed E-state index contributed by atoms with van der Waals surface area (Å²) >= 11 is 1.74. The van der Waals surface area contributed by atoms with Crippen molar-refractivity contribution >= 4 is 41.3 Å². The Morgan fingerprint density at radius 2 is 1.71 bits per heavy atom. The van der Waals surface area contributed by atoms with Crippen molar-refractivity contribution in [2.24, 2.45) is 4.99 Å². The van der Waals surface area contributed by atoms with Crippen LogP contribution in [-0.4, -0.2) is 76.9 Å². The van der Waals surface area contributed by atoms with Crippen molar-refractivity contribution in [2.45, 2.75) is 13.0 Å². The summed E-state index contributed by atoms with van der Waals surface area (Å²) in [7, 11) is 6.78. The maximum Gasteiger partial charge on any atom is 0.203 e. The van der Waals surface area contributed by atoms with Gasteiger partial charge in [-0.25, -0.2) is 0 Å². The van der Waals surface area contributed by atoms with E-state index < -0.39 is 0 Å². The molecule has 0 bridgehead atoms. The fourth-order valence-corrected chi connectivity index (χ4v) is 4.39. The van der Waals surface area contributed by atoms with E-state index in [0.717, 1.165) is 57.2 Å². The molecule has 0 amide bonds. The lowest BCUT2D eigenvalue weighted by Crippen LogP contribution is -2.52. The van der Waals surface area contributed by atoms with Crippen molar-refractivity contribution in [3.05, 3.63) is 40.1 Å². The van der Waals surface area contributed by atoms with E-state index in [1.54, 1.807) is 32.7 Å². The number of piperazine rings is 1. The first kappa shape index (κ1) is 25.5. The van der Waals surface area contributed by atoms with Crippen LogP contribution in [0.15, 0.2) is 34.0 Å². The van der Waals surface area contributed by atoms with Crippen molar-refractivity contribution < 1.29 is 14.2 Å². The number of aliphatic imine (C=N–C) groups is 1. The molecule has 1 aromatic heterocycles. The minimum absolute atomic E-state index is 0. The molecule has 172 valence electrons. The van der Waals surface area contributed by atoms with Crippen LogP contribution in [0.25, 0.3) is 0 Å². The van der Waals surface area contributed by atoms with E-state index in [4.69, 9.17) is 14.2 Å². The highest BCUT2D eigenvalue weighted by Gasteiger charge is 2.21. The second-order valence-electron chi connectivity index (χ2n) is 7.15. The third kappa shape index (κ3) is 6.88. The first-order valence-corrected chi connectivity index (χ1v) is 11.1. The van der Waals surface area contributed by atoms with E-state index in [2.05, 4.69) is 36.9 Å². The lowest BCUT2D eigenvalue weighted by atomic mass is 10.1. The number of nitrogens with one attached hydrogen (secondary N) is 1. The monoisotopic (exact) mass is 560 g/mol. The third-order valence-electron chi connectivity index (χ3n) is 5.29. The third-order valence-corrected chi connectivity index (χ3v) is 6.02. The number of guanidine groups is 1. The predicted molar refractivity (Wildman–Crippen MR) is 138 cm³/mol. The van der Waals surface area contributed by atoms with Gasteiger partial charge in [-0.05, 0) is 46.5 Å². The highest BCUT2D eigenvalue weighted by Crippen LogP contribution is 2.38. The fraction of sp³-hybridized carbons (Fsp3) is 0.500. The average Bonchev–Trinajstić information content (AvgIpc) is 3.30. The minimum atomic E-state index is 0. The van der Waals surface area contributed by atoms with Crippen LogP contribution in [0.5, 0.6) is 17.2 Å². The van der Waals surface area contributed by atoms with Crippen LogP contribution in [0, 0.1) is 0 Å². The molecule has 3 rings (SSSR count). The summed E-state index contributed by atoms with van der Waals surface area (Å²) in [6.45, 7) is 5.58. The smallest absolute Gasteiger partial charge is 0.203 e. The molecule has 9 heteroatoms. The second-order valence-corrected chi connectivity index (χ2v) is 7.93. The average molecular weight is 561 g/mol. The van der Waals surface area contributed by atoms with Gasteiger partial charge in [-0.3, -0.25) is 9.89 Å². The summed E-state index contributed by atoms with van der Waals surface area (Å²) in [6.07, 6.45) is 1.02. The standard InChI is InChI=1S/C22H32N4O3S.HI/c1-23-22(24-7-5-17-6-12-30-16-17)26-10-8-25(9-11-26)15-18-13-19(27-2)21(29-4)20(14-18)28-3;/h6,12-14,16H,5,7-11,15H2,1-4H3,(H,23,24);1H. The van der Waals surface area contributed by atoms with Crippen LogP contribution in [0.3, 0.4) is 0 Å². The summed E-state index contributed by atoms with van der Waals surface area (Å²) in [5, 5.41) is 7.82. The van der Waals surface area contributed by atoms with Crippen LogP contribution in [0.1, 0.15) is 11.1 Å². The zero-order valence-corrected chi connectivity index (χ0v) is 21.9. The number of halogens is 1. The lowest BCUT2D eigenvalue weighted by Gasteiger charge is -2.36. The Kier molecular flexibility index (Phi) is 10.7. The van der Waals surface area contributed by atoms with Crippen molar-refractivity contribution in [1.82, 2.24) is 15.1 Å². The molecule has 0 spiro atoms. The molecular formula is C22H33IN4O3S. The van der Waals surface area contributed by atoms with Crippen molar-refractivity contribution in [3.8, 4) is 17.2 Å². The molecule has 0 unspecified atom stereocenters. The summed E-state index contributed by atoms with van der Waals surface area (Å²) in [5.74, 6) is 3.00. The van der Waals surface area contributed by atoms with Gasteiger partial charge in [0, 0.05) is 46.3 Å². The topological polar surface area (TPSA) is 58.6 Å². The van der Waals surface area contributed by atoms with Gasteiger partial charge in [0.15, 0.2) is 17.5 Å². The Labute approximate surface area is 206 Å². The van der Waals surface area contributed by atoms with Gasteiger partial charge in [-0.1, -0.05) is 0 Å². The molecule has 1 aliphatic heterocycles. The van der Waals surface area contributed by atoms with Gasteiger partial charge in [0.05, 0.1) is 21.3 Å². The summed E-state index contributed by atoms with van der Waals surface area (Å²) in [5.41, 5.74) is 2.52. The molecule has 31 heavy (non-hydrogen) atoms. The molecular weight excluding hydrogens is 527 g/mol. The van der Waals surface area contributed by atoms with Crippen LogP contribution < -0.4 is 19.5 Å². The molecule has 1 saturated heterocycles. The number of thiophene rings is 1. The molecule has 0 saturated carbocycles. The van der Waals surface area contributed by atoms with Crippen LogP contribution in [0.4, 0.5) is 0 Å². The number of nitrogens with zero attached hydrogens (tertiary/aromatic N) is 3. The van der Waals surface area contributed by atoms with Gasteiger partial charge in [0.25, 0.3) is 0 Å². The van der Waals surface area contributed by atoms with Crippen LogP contribution in [0.2, 0.25) is 0 Å². The first-order valence-electron chi connectivity index (χ1n) is 10.2. The van der Waals surface area contributed by atoms with Crippen LogP contribution >= 0.6 is 35.3 Å². The molecule has 2 heterocycles. The molecule has 1 fully saturated rings. The minimum Gasteiger partial charge on any atom is -0.493 e. The number of ether oxygens (including phenoxy) is 3. The second kappa shape index (κ2) is 13.0. The maximum absolute atomic E-state index is 5.48. The van der Waals surface area contributed by atoms with Crippen molar-refractivity contribution in [3.63, 3.8) is 0 Å². The fourth-order valence-electron chi connectivity index (χ4n) is 3.69. The predicted octanol–water partition coefficient (Wildman–Crippen LogP) is 3.33. The first-order chi connectivity index (χ1) is 14.7. The quantitative estimate of drug-likeness (QED) is 0.304. The van der Waals surface area contributed by atoms with E-state index in [0.29, 0.717) is 17.2 Å². The van der Waals surface area contributed by atoms with Crippen molar-refractivity contribution in [2.75, 3.05) is 61.1 Å². The molecule has 0 atom stereocenters. The zero-order valence-electron chi connectivity index (χ0n) is 18.7. The Bertz CT molecular complexity index is 799. The summed E-state index contributed by atoms with van der Waals surface area (Å²) < 4.78 is 16.4. The van der Waals surface area contributed by atoms with Gasteiger partial charge < -0.3 is 24.4 Å². The largest absolute Gasteiger partial charge is 0.493 e. The van der Waals surface area contributed by atoms with E-state index in [-0.39, 0.29) is 24.0 Å². The summed E-state index contributed by atoms with van der Waals surface area (Å²) in [6, 6.07) is 6.23. The number of benzene rings is 1. The van der Waals surface area contributed by atoms with E-state index >= 15 is 0 Å². The molecule has 0 aliphatic carbocycles. The maximum atomic E-state index is 5.48. The number of rotatable bonds is 8. The molecule has 1 aliphatic rings. The molecule has 1 aromatic carbocycles. The Morgan fingerprint density at radius 3 is 2.23 bits per heavy atom. The van der Waals surface area contributed by atoms with Gasteiger partial charge in [0.2, 0.25) is 5.75 Å². The van der Waals surface area contributed by atoms with Gasteiger partial charge in [0.1, 0.15) is 0 Å². The highest BCUT2D eigenvalue weighted by atomic mass is 127. The molecule has 7 nitrogen and oxygen atoms in total. The number of hydrogen-bond donors (Lipinski definition) is 1. The number of hydrogen-bond acceptors (Lipinski definition) is 6. The Balaban J connectivity index is 0.00000341. The summed E-state index contributed by atoms with van der Waals surface area (Å²) in [4.78, 5) is 9.25. The Hall–Kier alpha value is -1.72. The SMILES string of the molecule is CN=C(NCCc1ccsc1)N1CCN(Cc2cc(OC)c(OC)c(OC)c2)CC1.I. The molecule has 1 N–H and O–H groups in total. The van der Waals surface area contributed by atoms with Gasteiger partial charge in [-0.15, -0.1) is 24.0 Å². The highest BCUT2D eigenvalue weighted by molar-refractivity contribution is 14.0. The van der Waals surface area contributed by atoms with E-state index in [9.17, 15) is 0 Å². The zero-order chi connectivity index (χ0) is 21.3. The van der Waals surface area contributed by atoms with Crippen molar-refractivity contribution in [1.29, 1.82) is 0 Å². The van der Waals surface area contributed by atoms with Gasteiger partial charge in [-0.2, -0.15) is 11.3 Å². The molecule has 0 radical (unpaired) electrons. The Morgan fingerprint density at radius 1 is 1.03 bits per heavy atom. The number of methoxy groups -OCH3 is 3. The molecule has 2 aromatic rings. The normalized spacial score (nSPS) is 14.7. The van der Waals surface area contributed by atoms with Crippen LogP contribution in [-0.2, 0) is 13.0 Å². The lowest BCUT2D eigenvalue weighted by molar-refractivity contribution is 0.172. The van der Waals surface area contributed by atoms with Gasteiger partial charge >= 0.3 is 0 Å². The van der Waals surface area contributed by atoms with E-state index in [1.807, 2.05) is 19.2 Å². The van der Waals surface area contributed by atoms with E-state index in [1.165, 1.54) is 5.56 Å².